The number of nitrogens with zero attached hydrogens (tertiary/aromatic N) is 6. The van der Waals surface area contributed by atoms with E-state index in [1.54, 1.807) is 0 Å². The van der Waals surface area contributed by atoms with Gasteiger partial charge in [0, 0.05) is 45.0 Å². The highest BCUT2D eigenvalue weighted by Crippen LogP contribution is 2.27. The van der Waals surface area contributed by atoms with Gasteiger partial charge in [0.1, 0.15) is 5.82 Å². The monoisotopic (exact) mass is 384 g/mol. The van der Waals surface area contributed by atoms with Crippen LogP contribution in [0.3, 0.4) is 0 Å². The highest BCUT2D eigenvalue weighted by molar-refractivity contribution is 5.96. The molecule has 1 fully saturated rings. The van der Waals surface area contributed by atoms with E-state index < -0.39 is 0 Å². The van der Waals surface area contributed by atoms with Crippen molar-refractivity contribution in [2.45, 2.75) is 41.0 Å². The SMILES string of the molecule is CCCN1CCN(C(=O)c2nc(N(CC)CC)c3c(C)cc(C)nc3n2)CC1. The molecule has 7 nitrogen and oxygen atoms in total. The lowest BCUT2D eigenvalue weighted by atomic mass is 10.1. The summed E-state index contributed by atoms with van der Waals surface area (Å²) in [5.74, 6) is 0.983. The molecule has 1 saturated heterocycles. The molecule has 0 aliphatic carbocycles. The Labute approximate surface area is 167 Å². The Morgan fingerprint density at radius 3 is 2.32 bits per heavy atom. The van der Waals surface area contributed by atoms with E-state index >= 15 is 0 Å². The first-order valence-corrected chi connectivity index (χ1v) is 10.4. The maximum Gasteiger partial charge on any atom is 0.291 e. The summed E-state index contributed by atoms with van der Waals surface area (Å²) in [6.07, 6.45) is 1.14. The molecule has 0 N–H and O–H groups in total. The van der Waals surface area contributed by atoms with Gasteiger partial charge in [0.15, 0.2) is 5.65 Å². The molecule has 0 aromatic carbocycles. The van der Waals surface area contributed by atoms with Crippen LogP contribution in [0.1, 0.15) is 49.1 Å². The van der Waals surface area contributed by atoms with E-state index in [2.05, 4.69) is 47.5 Å². The zero-order valence-corrected chi connectivity index (χ0v) is 17.8. The summed E-state index contributed by atoms with van der Waals surface area (Å²) in [5.41, 5.74) is 2.61. The summed E-state index contributed by atoms with van der Waals surface area (Å²) in [7, 11) is 0. The van der Waals surface area contributed by atoms with E-state index in [4.69, 9.17) is 4.98 Å². The summed E-state index contributed by atoms with van der Waals surface area (Å²) >= 11 is 0. The molecule has 0 spiro atoms. The second-order valence-corrected chi connectivity index (χ2v) is 7.46. The third-order valence-electron chi connectivity index (χ3n) is 5.43. The maximum absolute atomic E-state index is 13.2. The molecule has 1 aliphatic rings. The first-order valence-electron chi connectivity index (χ1n) is 10.4. The third kappa shape index (κ3) is 4.09. The molecule has 0 bridgehead atoms. The number of aromatic nitrogens is 3. The minimum Gasteiger partial charge on any atom is -0.356 e. The summed E-state index contributed by atoms with van der Waals surface area (Å²) < 4.78 is 0. The van der Waals surface area contributed by atoms with Crippen molar-refractivity contribution in [1.82, 2.24) is 24.8 Å². The molecule has 0 unspecified atom stereocenters. The molecule has 7 heteroatoms. The Kier molecular flexibility index (Phi) is 6.44. The lowest BCUT2D eigenvalue weighted by Crippen LogP contribution is -2.49. The van der Waals surface area contributed by atoms with E-state index in [0.29, 0.717) is 5.65 Å². The van der Waals surface area contributed by atoms with Gasteiger partial charge in [0.05, 0.1) is 5.39 Å². The summed E-state index contributed by atoms with van der Waals surface area (Å²) in [6, 6.07) is 2.05. The number of hydrogen-bond acceptors (Lipinski definition) is 6. The molecular formula is C21H32N6O. The number of rotatable bonds is 6. The fourth-order valence-corrected chi connectivity index (χ4v) is 3.94. The van der Waals surface area contributed by atoms with Crippen LogP contribution in [0.15, 0.2) is 6.07 Å². The second kappa shape index (κ2) is 8.82. The van der Waals surface area contributed by atoms with Gasteiger partial charge in [-0.15, -0.1) is 0 Å². The largest absolute Gasteiger partial charge is 0.356 e. The average molecular weight is 385 g/mol. The minimum atomic E-state index is -0.0904. The van der Waals surface area contributed by atoms with Crippen molar-refractivity contribution >= 4 is 22.8 Å². The zero-order valence-electron chi connectivity index (χ0n) is 17.8. The standard InChI is InChI=1S/C21H32N6O/c1-6-9-25-10-12-27(13-11-25)21(28)19-23-18-17(15(4)14-16(5)22-18)20(24-19)26(7-2)8-3/h14H,6-13H2,1-5H3. The molecule has 3 heterocycles. The van der Waals surface area contributed by atoms with Crippen LogP contribution >= 0.6 is 0 Å². The molecule has 1 aliphatic heterocycles. The number of amides is 1. The van der Waals surface area contributed by atoms with E-state index in [1.165, 1.54) is 0 Å². The van der Waals surface area contributed by atoms with Gasteiger partial charge in [-0.1, -0.05) is 6.92 Å². The molecule has 1 amide bonds. The predicted molar refractivity (Wildman–Crippen MR) is 113 cm³/mol. The van der Waals surface area contributed by atoms with Crippen LogP contribution in [0.25, 0.3) is 11.0 Å². The fourth-order valence-electron chi connectivity index (χ4n) is 3.94. The first-order chi connectivity index (χ1) is 13.5. The van der Waals surface area contributed by atoms with E-state index in [1.807, 2.05) is 17.9 Å². The van der Waals surface area contributed by atoms with Gasteiger partial charge < -0.3 is 9.80 Å². The van der Waals surface area contributed by atoms with Crippen molar-refractivity contribution in [3.05, 3.63) is 23.1 Å². The summed E-state index contributed by atoms with van der Waals surface area (Å²) in [6.45, 7) is 16.4. The quantitative estimate of drug-likeness (QED) is 0.763. The molecule has 2 aromatic heterocycles. The lowest BCUT2D eigenvalue weighted by Gasteiger charge is -2.34. The Hall–Kier alpha value is -2.28. The van der Waals surface area contributed by atoms with Crippen LogP contribution in [0, 0.1) is 13.8 Å². The van der Waals surface area contributed by atoms with Gasteiger partial charge in [0.2, 0.25) is 5.82 Å². The minimum absolute atomic E-state index is 0.0904. The van der Waals surface area contributed by atoms with Gasteiger partial charge in [-0.25, -0.2) is 15.0 Å². The zero-order chi connectivity index (χ0) is 20.3. The highest BCUT2D eigenvalue weighted by atomic mass is 16.2. The van der Waals surface area contributed by atoms with Gasteiger partial charge in [-0.2, -0.15) is 0 Å². The Morgan fingerprint density at radius 1 is 1.04 bits per heavy atom. The van der Waals surface area contributed by atoms with Gasteiger partial charge in [-0.3, -0.25) is 9.69 Å². The molecule has 28 heavy (non-hydrogen) atoms. The number of anilines is 1. The van der Waals surface area contributed by atoms with Gasteiger partial charge >= 0.3 is 0 Å². The second-order valence-electron chi connectivity index (χ2n) is 7.46. The van der Waals surface area contributed by atoms with Crippen molar-refractivity contribution in [3.8, 4) is 0 Å². The van der Waals surface area contributed by atoms with Crippen molar-refractivity contribution in [3.63, 3.8) is 0 Å². The molecular weight excluding hydrogens is 352 g/mol. The van der Waals surface area contributed by atoms with E-state index in [0.717, 1.165) is 74.7 Å². The summed E-state index contributed by atoms with van der Waals surface area (Å²) in [4.78, 5) is 33.6. The molecule has 2 aromatic rings. The number of carbonyl (C=O) groups excluding carboxylic acids is 1. The van der Waals surface area contributed by atoms with Crippen molar-refractivity contribution in [2.75, 3.05) is 50.7 Å². The van der Waals surface area contributed by atoms with Gasteiger partial charge in [0.25, 0.3) is 5.91 Å². The topological polar surface area (TPSA) is 65.5 Å². The number of pyridine rings is 1. The molecule has 0 atom stereocenters. The van der Waals surface area contributed by atoms with Crippen LogP contribution in [0.2, 0.25) is 0 Å². The molecule has 0 saturated carbocycles. The smallest absolute Gasteiger partial charge is 0.291 e. The van der Waals surface area contributed by atoms with Crippen molar-refractivity contribution in [1.29, 1.82) is 0 Å². The Bertz CT molecular complexity index is 840. The van der Waals surface area contributed by atoms with E-state index in [-0.39, 0.29) is 11.7 Å². The molecule has 0 radical (unpaired) electrons. The van der Waals surface area contributed by atoms with Crippen LogP contribution in [-0.2, 0) is 0 Å². The first kappa shape index (κ1) is 20.5. The Morgan fingerprint density at radius 2 is 1.71 bits per heavy atom. The number of aryl methyl sites for hydroxylation is 2. The number of fused-ring (bicyclic) bond motifs is 1. The van der Waals surface area contributed by atoms with Crippen LogP contribution in [0.4, 0.5) is 5.82 Å². The normalized spacial score (nSPS) is 15.2. The fraction of sp³-hybridized carbons (Fsp3) is 0.619. The highest BCUT2D eigenvalue weighted by Gasteiger charge is 2.26. The third-order valence-corrected chi connectivity index (χ3v) is 5.43. The number of carbonyl (C=O) groups is 1. The number of hydrogen-bond donors (Lipinski definition) is 0. The molecule has 152 valence electrons. The molecule has 3 rings (SSSR count). The lowest BCUT2D eigenvalue weighted by molar-refractivity contribution is 0.0626. The van der Waals surface area contributed by atoms with Crippen molar-refractivity contribution < 1.29 is 4.79 Å². The van der Waals surface area contributed by atoms with Crippen molar-refractivity contribution in [2.24, 2.45) is 0 Å². The number of piperazine rings is 1. The maximum atomic E-state index is 13.2. The summed E-state index contributed by atoms with van der Waals surface area (Å²) in [5, 5.41) is 0.943. The van der Waals surface area contributed by atoms with E-state index in [9.17, 15) is 4.79 Å². The van der Waals surface area contributed by atoms with Crippen LogP contribution in [0.5, 0.6) is 0 Å². The Balaban J connectivity index is 1.98. The van der Waals surface area contributed by atoms with Crippen LogP contribution in [-0.4, -0.2) is 76.5 Å². The van der Waals surface area contributed by atoms with Gasteiger partial charge in [-0.05, 0) is 52.3 Å². The average Bonchev–Trinajstić information content (AvgIpc) is 2.68. The van der Waals surface area contributed by atoms with Crippen LogP contribution < -0.4 is 4.90 Å². The predicted octanol–water partition coefficient (Wildman–Crippen LogP) is 2.66.